The standard InChI is InChI=1S/C16H17F2N3/c17-14-3-2-13(11-15(14)18)10-12-4-8-21(9-5-12)16-19-6-1-7-20-16/h1-3,6-7,11-12H,4-5,8-10H2. The van der Waals surface area contributed by atoms with Gasteiger partial charge in [0.15, 0.2) is 11.6 Å². The first-order chi connectivity index (χ1) is 10.2. The van der Waals surface area contributed by atoms with Crippen LogP contribution in [0.4, 0.5) is 14.7 Å². The van der Waals surface area contributed by atoms with Crippen molar-refractivity contribution in [2.24, 2.45) is 5.92 Å². The number of aromatic nitrogens is 2. The van der Waals surface area contributed by atoms with Gasteiger partial charge in [-0.1, -0.05) is 6.07 Å². The maximum absolute atomic E-state index is 13.2. The quantitative estimate of drug-likeness (QED) is 0.869. The fourth-order valence-corrected chi connectivity index (χ4v) is 2.79. The third-order valence-corrected chi connectivity index (χ3v) is 3.96. The first kappa shape index (κ1) is 13.9. The van der Waals surface area contributed by atoms with Crippen LogP contribution in [0.2, 0.25) is 0 Å². The SMILES string of the molecule is Fc1ccc(CC2CCN(c3ncccn3)CC2)cc1F. The molecule has 1 saturated heterocycles. The van der Waals surface area contributed by atoms with Gasteiger partial charge in [0, 0.05) is 25.5 Å². The molecule has 0 unspecified atom stereocenters. The fraction of sp³-hybridized carbons (Fsp3) is 0.375. The predicted molar refractivity (Wildman–Crippen MR) is 77.0 cm³/mol. The van der Waals surface area contributed by atoms with Crippen LogP contribution in [-0.2, 0) is 6.42 Å². The second kappa shape index (κ2) is 6.16. The Balaban J connectivity index is 1.57. The van der Waals surface area contributed by atoms with Crippen LogP contribution < -0.4 is 4.90 Å². The highest BCUT2D eigenvalue weighted by molar-refractivity contribution is 5.29. The summed E-state index contributed by atoms with van der Waals surface area (Å²) < 4.78 is 26.1. The number of piperidine rings is 1. The Morgan fingerprint density at radius 2 is 1.76 bits per heavy atom. The lowest BCUT2D eigenvalue weighted by molar-refractivity contribution is 0.399. The molecule has 21 heavy (non-hydrogen) atoms. The first-order valence-corrected chi connectivity index (χ1v) is 7.18. The number of hydrogen-bond donors (Lipinski definition) is 0. The van der Waals surface area contributed by atoms with E-state index >= 15 is 0 Å². The molecule has 3 rings (SSSR count). The molecule has 1 aromatic heterocycles. The molecule has 0 saturated carbocycles. The smallest absolute Gasteiger partial charge is 0.225 e. The molecular formula is C16H17F2N3. The Labute approximate surface area is 122 Å². The van der Waals surface area contributed by atoms with Crippen LogP contribution in [0, 0.1) is 17.6 Å². The summed E-state index contributed by atoms with van der Waals surface area (Å²) in [5.74, 6) is -0.281. The van der Waals surface area contributed by atoms with E-state index in [1.165, 1.54) is 12.1 Å². The minimum Gasteiger partial charge on any atom is -0.341 e. The topological polar surface area (TPSA) is 29.0 Å². The molecule has 5 heteroatoms. The second-order valence-corrected chi connectivity index (χ2v) is 5.43. The van der Waals surface area contributed by atoms with Crippen molar-refractivity contribution in [1.82, 2.24) is 9.97 Å². The van der Waals surface area contributed by atoms with Gasteiger partial charge < -0.3 is 4.90 Å². The molecule has 110 valence electrons. The van der Waals surface area contributed by atoms with Crippen molar-refractivity contribution in [2.75, 3.05) is 18.0 Å². The van der Waals surface area contributed by atoms with Crippen LogP contribution >= 0.6 is 0 Å². The van der Waals surface area contributed by atoms with Gasteiger partial charge in [-0.05, 0) is 48.9 Å². The summed E-state index contributed by atoms with van der Waals surface area (Å²) in [6.07, 6.45) is 6.31. The summed E-state index contributed by atoms with van der Waals surface area (Å²) in [5.41, 5.74) is 0.864. The lowest BCUT2D eigenvalue weighted by Crippen LogP contribution is -2.35. The lowest BCUT2D eigenvalue weighted by atomic mass is 9.90. The molecule has 3 nitrogen and oxygen atoms in total. The van der Waals surface area contributed by atoms with Gasteiger partial charge in [-0.3, -0.25) is 0 Å². The molecule has 2 heterocycles. The van der Waals surface area contributed by atoms with Crippen molar-refractivity contribution in [3.05, 3.63) is 53.9 Å². The second-order valence-electron chi connectivity index (χ2n) is 5.43. The zero-order valence-corrected chi connectivity index (χ0v) is 11.7. The molecule has 0 spiro atoms. The van der Waals surface area contributed by atoms with Crippen molar-refractivity contribution < 1.29 is 8.78 Å². The molecule has 1 aliphatic heterocycles. The number of hydrogen-bond acceptors (Lipinski definition) is 3. The highest BCUT2D eigenvalue weighted by Crippen LogP contribution is 2.24. The van der Waals surface area contributed by atoms with E-state index in [0.717, 1.165) is 43.9 Å². The van der Waals surface area contributed by atoms with E-state index in [4.69, 9.17) is 0 Å². The average molecular weight is 289 g/mol. The third kappa shape index (κ3) is 3.35. The zero-order chi connectivity index (χ0) is 14.7. The molecule has 1 aromatic carbocycles. The summed E-state index contributed by atoms with van der Waals surface area (Å²) in [5, 5.41) is 0. The van der Waals surface area contributed by atoms with Gasteiger partial charge in [-0.25, -0.2) is 18.7 Å². The Morgan fingerprint density at radius 3 is 2.43 bits per heavy atom. The van der Waals surface area contributed by atoms with Gasteiger partial charge in [-0.15, -0.1) is 0 Å². The molecule has 0 N–H and O–H groups in total. The van der Waals surface area contributed by atoms with Crippen molar-refractivity contribution >= 4 is 5.95 Å². The average Bonchev–Trinajstić information content (AvgIpc) is 2.53. The van der Waals surface area contributed by atoms with E-state index in [1.807, 2.05) is 0 Å². The van der Waals surface area contributed by atoms with Crippen molar-refractivity contribution in [1.29, 1.82) is 0 Å². The summed E-state index contributed by atoms with van der Waals surface area (Å²) in [7, 11) is 0. The van der Waals surface area contributed by atoms with Crippen molar-refractivity contribution in [3.8, 4) is 0 Å². The summed E-state index contributed by atoms with van der Waals surface area (Å²) in [6, 6.07) is 5.99. The number of halogens is 2. The van der Waals surface area contributed by atoms with E-state index in [-0.39, 0.29) is 0 Å². The van der Waals surface area contributed by atoms with Crippen LogP contribution in [0.3, 0.4) is 0 Å². The van der Waals surface area contributed by atoms with Crippen molar-refractivity contribution in [3.63, 3.8) is 0 Å². The Morgan fingerprint density at radius 1 is 1.05 bits per heavy atom. The van der Waals surface area contributed by atoms with Gasteiger partial charge in [0.1, 0.15) is 0 Å². The Kier molecular flexibility index (Phi) is 4.08. The molecule has 1 aliphatic rings. The van der Waals surface area contributed by atoms with E-state index in [2.05, 4.69) is 14.9 Å². The minimum atomic E-state index is -0.783. The molecule has 0 amide bonds. The number of benzene rings is 1. The van der Waals surface area contributed by atoms with Gasteiger partial charge >= 0.3 is 0 Å². The summed E-state index contributed by atoms with van der Waals surface area (Å²) >= 11 is 0. The number of nitrogens with zero attached hydrogens (tertiary/aromatic N) is 3. The van der Waals surface area contributed by atoms with E-state index in [9.17, 15) is 8.78 Å². The van der Waals surface area contributed by atoms with Crippen molar-refractivity contribution in [2.45, 2.75) is 19.3 Å². The van der Waals surface area contributed by atoms with Crippen LogP contribution in [0.25, 0.3) is 0 Å². The maximum Gasteiger partial charge on any atom is 0.225 e. The molecular weight excluding hydrogens is 272 g/mol. The summed E-state index contributed by atoms with van der Waals surface area (Å²) in [4.78, 5) is 10.7. The molecule has 0 bridgehead atoms. The Bertz CT molecular complexity index is 596. The van der Waals surface area contributed by atoms with E-state index in [1.54, 1.807) is 24.5 Å². The lowest BCUT2D eigenvalue weighted by Gasteiger charge is -2.32. The fourth-order valence-electron chi connectivity index (χ4n) is 2.79. The highest BCUT2D eigenvalue weighted by atomic mass is 19.2. The normalized spacial score (nSPS) is 16.2. The number of rotatable bonds is 3. The van der Waals surface area contributed by atoms with E-state index < -0.39 is 11.6 Å². The van der Waals surface area contributed by atoms with E-state index in [0.29, 0.717) is 5.92 Å². The van der Waals surface area contributed by atoms with Gasteiger partial charge in [-0.2, -0.15) is 0 Å². The number of anilines is 1. The first-order valence-electron chi connectivity index (χ1n) is 7.18. The highest BCUT2D eigenvalue weighted by Gasteiger charge is 2.21. The molecule has 0 aliphatic carbocycles. The van der Waals surface area contributed by atoms with Gasteiger partial charge in [0.2, 0.25) is 5.95 Å². The molecule has 0 radical (unpaired) electrons. The predicted octanol–water partition coefficient (Wildman–Crippen LogP) is 3.21. The van der Waals surface area contributed by atoms with Crippen LogP contribution in [0.5, 0.6) is 0 Å². The minimum absolute atomic E-state index is 0.495. The van der Waals surface area contributed by atoms with Crippen LogP contribution in [-0.4, -0.2) is 23.1 Å². The van der Waals surface area contributed by atoms with Crippen LogP contribution in [0.15, 0.2) is 36.7 Å². The molecule has 2 aromatic rings. The van der Waals surface area contributed by atoms with Crippen LogP contribution in [0.1, 0.15) is 18.4 Å². The summed E-state index contributed by atoms with van der Waals surface area (Å²) in [6.45, 7) is 1.80. The zero-order valence-electron chi connectivity index (χ0n) is 11.7. The monoisotopic (exact) mass is 289 g/mol. The Hall–Kier alpha value is -2.04. The largest absolute Gasteiger partial charge is 0.341 e. The maximum atomic E-state index is 13.2. The van der Waals surface area contributed by atoms with Gasteiger partial charge in [0.05, 0.1) is 0 Å². The van der Waals surface area contributed by atoms with Gasteiger partial charge in [0.25, 0.3) is 0 Å². The molecule has 1 fully saturated rings. The third-order valence-electron chi connectivity index (χ3n) is 3.96. The molecule has 0 atom stereocenters.